The second-order valence-corrected chi connectivity index (χ2v) is 8.89. The molecular formula is C24H44N2O4. The fourth-order valence-corrected chi connectivity index (χ4v) is 4.96. The van der Waals surface area contributed by atoms with Crippen LogP contribution in [-0.4, -0.2) is 73.2 Å². The van der Waals surface area contributed by atoms with Crippen molar-refractivity contribution in [2.45, 2.75) is 103 Å². The minimum atomic E-state index is -0.294. The van der Waals surface area contributed by atoms with Gasteiger partial charge in [-0.3, -0.25) is 9.59 Å². The molecule has 0 spiro atoms. The number of carbonyl (C=O) groups excluding carboxylic acids is 2. The lowest BCUT2D eigenvalue weighted by molar-refractivity contribution is -0.150. The van der Waals surface area contributed by atoms with E-state index in [1.54, 1.807) is 0 Å². The Morgan fingerprint density at radius 2 is 1.20 bits per heavy atom. The predicted octanol–water partition coefficient (Wildman–Crippen LogP) is 4.16. The van der Waals surface area contributed by atoms with Crippen molar-refractivity contribution in [3.8, 4) is 0 Å². The number of esters is 2. The van der Waals surface area contributed by atoms with E-state index in [-0.39, 0.29) is 24.8 Å². The highest BCUT2D eigenvalue weighted by Crippen LogP contribution is 2.22. The van der Waals surface area contributed by atoms with Crippen molar-refractivity contribution < 1.29 is 19.1 Å². The van der Waals surface area contributed by atoms with Crippen LogP contribution in [0.1, 0.15) is 90.9 Å². The number of nitrogens with zero attached hydrogens (tertiary/aromatic N) is 2. The van der Waals surface area contributed by atoms with E-state index in [4.69, 9.17) is 9.47 Å². The molecule has 2 saturated heterocycles. The Kier molecular flexibility index (Phi) is 12.4. The molecule has 6 heteroatoms. The second-order valence-electron chi connectivity index (χ2n) is 8.89. The Morgan fingerprint density at radius 3 is 1.60 bits per heavy atom. The number of ether oxygens (including phenoxy) is 2. The van der Waals surface area contributed by atoms with Crippen LogP contribution in [0.25, 0.3) is 0 Å². The third kappa shape index (κ3) is 9.34. The van der Waals surface area contributed by atoms with Crippen LogP contribution in [0.2, 0.25) is 0 Å². The van der Waals surface area contributed by atoms with Crippen LogP contribution in [0.5, 0.6) is 0 Å². The van der Waals surface area contributed by atoms with Gasteiger partial charge in [-0.15, -0.1) is 0 Å². The molecule has 0 N–H and O–H groups in total. The highest BCUT2D eigenvalue weighted by atomic mass is 16.5. The minimum absolute atomic E-state index is 0.117. The highest BCUT2D eigenvalue weighted by molar-refractivity contribution is 5.77. The highest BCUT2D eigenvalue weighted by Gasteiger charge is 2.23. The number of hydrogen-bond donors (Lipinski definition) is 0. The van der Waals surface area contributed by atoms with Crippen molar-refractivity contribution in [1.82, 2.24) is 9.80 Å². The SMILES string of the molecule is CCCC1CCCN1CCCOC(=O)CCC(=O)OCCCN1CCCC1CCC. The van der Waals surface area contributed by atoms with Crippen LogP contribution in [0.15, 0.2) is 0 Å². The standard InChI is InChI=1S/C24H44N2O4/c1-3-9-21-11-5-15-25(21)17-7-19-29-23(27)13-14-24(28)30-20-8-18-26-16-6-12-22(26)10-4-2/h21-22H,3-20H2,1-2H3. The van der Waals surface area contributed by atoms with E-state index in [0.717, 1.165) is 25.9 Å². The molecule has 0 amide bonds. The van der Waals surface area contributed by atoms with Crippen LogP contribution in [0.4, 0.5) is 0 Å². The average molecular weight is 425 g/mol. The van der Waals surface area contributed by atoms with Crippen LogP contribution < -0.4 is 0 Å². The van der Waals surface area contributed by atoms with Gasteiger partial charge in [0, 0.05) is 25.2 Å². The quantitative estimate of drug-likeness (QED) is 0.291. The summed E-state index contributed by atoms with van der Waals surface area (Å²) in [5, 5.41) is 0. The van der Waals surface area contributed by atoms with Gasteiger partial charge in [-0.1, -0.05) is 26.7 Å². The van der Waals surface area contributed by atoms with E-state index < -0.39 is 0 Å². The fraction of sp³-hybridized carbons (Fsp3) is 0.917. The van der Waals surface area contributed by atoms with Crippen molar-refractivity contribution in [2.24, 2.45) is 0 Å². The number of hydrogen-bond acceptors (Lipinski definition) is 6. The maximum Gasteiger partial charge on any atom is 0.306 e. The summed E-state index contributed by atoms with van der Waals surface area (Å²) in [7, 11) is 0. The Bertz CT molecular complexity index is 456. The third-order valence-electron chi connectivity index (χ3n) is 6.48. The first-order valence-electron chi connectivity index (χ1n) is 12.4. The Hall–Kier alpha value is -1.14. The molecule has 174 valence electrons. The number of likely N-dealkylation sites (tertiary alicyclic amines) is 2. The largest absolute Gasteiger partial charge is 0.466 e. The molecule has 2 atom stereocenters. The molecule has 2 aliphatic rings. The summed E-state index contributed by atoms with van der Waals surface area (Å²) >= 11 is 0. The summed E-state index contributed by atoms with van der Waals surface area (Å²) < 4.78 is 10.6. The first kappa shape index (κ1) is 25.1. The number of carbonyl (C=O) groups is 2. The van der Waals surface area contributed by atoms with Gasteiger partial charge in [0.15, 0.2) is 0 Å². The van der Waals surface area contributed by atoms with Crippen LogP contribution in [0, 0.1) is 0 Å². The summed E-state index contributed by atoms with van der Waals surface area (Å²) in [6.07, 6.45) is 12.1. The lowest BCUT2D eigenvalue weighted by Crippen LogP contribution is -2.31. The fourth-order valence-electron chi connectivity index (χ4n) is 4.96. The van der Waals surface area contributed by atoms with Crippen molar-refractivity contribution in [3.05, 3.63) is 0 Å². The van der Waals surface area contributed by atoms with Crippen LogP contribution in [0.3, 0.4) is 0 Å². The maximum atomic E-state index is 11.9. The van der Waals surface area contributed by atoms with E-state index in [1.165, 1.54) is 64.5 Å². The van der Waals surface area contributed by atoms with Crippen molar-refractivity contribution in [2.75, 3.05) is 39.4 Å². The van der Waals surface area contributed by atoms with Gasteiger partial charge in [-0.25, -0.2) is 0 Å². The summed E-state index contributed by atoms with van der Waals surface area (Å²) in [5.74, 6) is -0.587. The molecule has 2 heterocycles. The lowest BCUT2D eigenvalue weighted by atomic mass is 10.1. The molecule has 0 aromatic heterocycles. The Labute approximate surface area is 183 Å². The Morgan fingerprint density at radius 1 is 0.767 bits per heavy atom. The van der Waals surface area contributed by atoms with Crippen molar-refractivity contribution >= 4 is 11.9 Å². The smallest absolute Gasteiger partial charge is 0.306 e. The molecule has 2 unspecified atom stereocenters. The molecule has 0 aromatic rings. The topological polar surface area (TPSA) is 59.1 Å². The molecule has 0 bridgehead atoms. The Balaban J connectivity index is 1.45. The molecule has 6 nitrogen and oxygen atoms in total. The number of rotatable bonds is 15. The first-order chi connectivity index (χ1) is 14.6. The van der Waals surface area contributed by atoms with Gasteiger partial charge in [-0.05, 0) is 64.5 Å². The van der Waals surface area contributed by atoms with Gasteiger partial charge in [0.2, 0.25) is 0 Å². The predicted molar refractivity (Wildman–Crippen MR) is 119 cm³/mol. The summed E-state index contributed by atoms with van der Waals surface area (Å²) in [6, 6.07) is 1.42. The van der Waals surface area contributed by atoms with Gasteiger partial charge >= 0.3 is 11.9 Å². The zero-order valence-electron chi connectivity index (χ0n) is 19.4. The summed E-state index contributed by atoms with van der Waals surface area (Å²) in [5.41, 5.74) is 0. The van der Waals surface area contributed by atoms with Gasteiger partial charge in [0.05, 0.1) is 26.1 Å². The lowest BCUT2D eigenvalue weighted by Gasteiger charge is -2.23. The van der Waals surface area contributed by atoms with Gasteiger partial charge < -0.3 is 19.3 Å². The molecule has 0 radical (unpaired) electrons. The average Bonchev–Trinajstić information content (AvgIpc) is 3.37. The molecule has 2 rings (SSSR count). The van der Waals surface area contributed by atoms with Crippen molar-refractivity contribution in [1.29, 1.82) is 0 Å². The molecule has 0 saturated carbocycles. The van der Waals surface area contributed by atoms with Crippen molar-refractivity contribution in [3.63, 3.8) is 0 Å². The van der Waals surface area contributed by atoms with E-state index in [1.807, 2.05) is 0 Å². The van der Waals surface area contributed by atoms with Gasteiger partial charge in [0.1, 0.15) is 0 Å². The zero-order chi connectivity index (χ0) is 21.6. The van der Waals surface area contributed by atoms with Gasteiger partial charge in [0.25, 0.3) is 0 Å². The molecule has 2 aliphatic heterocycles. The maximum absolute atomic E-state index is 11.9. The minimum Gasteiger partial charge on any atom is -0.466 e. The first-order valence-corrected chi connectivity index (χ1v) is 12.4. The summed E-state index contributed by atoms with van der Waals surface area (Å²) in [4.78, 5) is 28.8. The normalized spacial score (nSPS) is 22.5. The second kappa shape index (κ2) is 14.8. The molecule has 30 heavy (non-hydrogen) atoms. The van der Waals surface area contributed by atoms with E-state index in [2.05, 4.69) is 23.6 Å². The van der Waals surface area contributed by atoms with Crippen LogP contribution >= 0.6 is 0 Å². The molecule has 0 aliphatic carbocycles. The molecular weight excluding hydrogens is 380 g/mol. The molecule has 0 aromatic carbocycles. The van der Waals surface area contributed by atoms with Gasteiger partial charge in [-0.2, -0.15) is 0 Å². The van der Waals surface area contributed by atoms with E-state index >= 15 is 0 Å². The van der Waals surface area contributed by atoms with E-state index in [0.29, 0.717) is 25.3 Å². The molecule has 2 fully saturated rings. The third-order valence-corrected chi connectivity index (χ3v) is 6.48. The van der Waals surface area contributed by atoms with Crippen LogP contribution in [-0.2, 0) is 19.1 Å². The monoisotopic (exact) mass is 424 g/mol. The zero-order valence-corrected chi connectivity index (χ0v) is 19.4. The van der Waals surface area contributed by atoms with E-state index in [9.17, 15) is 9.59 Å². The summed E-state index contributed by atoms with van der Waals surface area (Å²) in [6.45, 7) is 9.69.